The number of rotatable bonds is 2. The number of aliphatic hydroxyl groups is 1. The number of fused-ring (bicyclic) bond motifs is 1. The van der Waals surface area contributed by atoms with Crippen LogP contribution in [0.15, 0.2) is 0 Å². The molecule has 0 spiro atoms. The maximum absolute atomic E-state index is 10.3. The third kappa shape index (κ3) is 2.66. The first-order chi connectivity index (χ1) is 8.58. The van der Waals surface area contributed by atoms with Gasteiger partial charge in [-0.3, -0.25) is 0 Å². The molecule has 0 saturated heterocycles. The van der Waals surface area contributed by atoms with Gasteiger partial charge in [0.25, 0.3) is 0 Å². The summed E-state index contributed by atoms with van der Waals surface area (Å²) in [6.45, 7) is 13.9. The van der Waals surface area contributed by atoms with Crippen LogP contribution in [0.2, 0.25) is 18.1 Å². The van der Waals surface area contributed by atoms with Crippen molar-refractivity contribution >= 4 is 8.32 Å². The molecule has 0 heterocycles. The summed E-state index contributed by atoms with van der Waals surface area (Å²) in [5.74, 6) is 0.574. The lowest BCUT2D eigenvalue weighted by atomic mass is 9.67. The maximum atomic E-state index is 10.3. The van der Waals surface area contributed by atoms with E-state index in [2.05, 4.69) is 40.8 Å². The van der Waals surface area contributed by atoms with Gasteiger partial charge in [0.05, 0.1) is 6.10 Å². The van der Waals surface area contributed by atoms with Crippen LogP contribution in [0.1, 0.15) is 59.8 Å². The summed E-state index contributed by atoms with van der Waals surface area (Å²) >= 11 is 0. The summed E-state index contributed by atoms with van der Waals surface area (Å²) in [6.07, 6.45) is 5.98. The molecule has 0 radical (unpaired) electrons. The van der Waals surface area contributed by atoms with Crippen molar-refractivity contribution in [2.24, 2.45) is 11.3 Å². The molecule has 0 amide bonds. The Morgan fingerprint density at radius 3 is 2.37 bits per heavy atom. The minimum Gasteiger partial charge on any atom is -0.414 e. The standard InChI is InChI=1S/C16H32O2Si/c1-15(2,3)19(5,6)18-13-8-7-11-16(4)12(13)9-10-14(16)17/h12-14,17H,7-11H2,1-6H3/t12-,13-,14-,16-/m0/s1. The van der Waals surface area contributed by atoms with E-state index >= 15 is 0 Å². The zero-order valence-electron chi connectivity index (χ0n) is 13.6. The average molecular weight is 285 g/mol. The third-order valence-corrected chi connectivity index (χ3v) is 10.8. The van der Waals surface area contributed by atoms with E-state index in [1.54, 1.807) is 0 Å². The first-order valence-electron chi connectivity index (χ1n) is 7.94. The molecule has 3 heteroatoms. The molecular weight excluding hydrogens is 252 g/mol. The highest BCUT2D eigenvalue weighted by atomic mass is 28.4. The number of aliphatic hydroxyl groups excluding tert-OH is 1. The van der Waals surface area contributed by atoms with Crippen LogP contribution in [-0.4, -0.2) is 25.6 Å². The Labute approximate surface area is 120 Å². The van der Waals surface area contributed by atoms with Crippen LogP contribution in [0.3, 0.4) is 0 Å². The lowest BCUT2D eigenvalue weighted by Crippen LogP contribution is -2.50. The summed E-state index contributed by atoms with van der Waals surface area (Å²) in [5.41, 5.74) is 0.116. The Hall–Kier alpha value is 0.137. The zero-order valence-corrected chi connectivity index (χ0v) is 14.6. The first-order valence-corrected chi connectivity index (χ1v) is 10.8. The molecule has 0 aromatic rings. The third-order valence-electron chi connectivity index (χ3n) is 6.26. The molecule has 2 saturated carbocycles. The van der Waals surface area contributed by atoms with Crippen molar-refractivity contribution < 1.29 is 9.53 Å². The van der Waals surface area contributed by atoms with E-state index in [0.717, 1.165) is 12.8 Å². The Bertz CT molecular complexity index is 334. The van der Waals surface area contributed by atoms with Gasteiger partial charge in [-0.25, -0.2) is 0 Å². The van der Waals surface area contributed by atoms with Gasteiger partial charge in [-0.1, -0.05) is 34.1 Å². The van der Waals surface area contributed by atoms with E-state index in [4.69, 9.17) is 4.43 Å². The Balaban J connectivity index is 2.14. The highest BCUT2D eigenvalue weighted by Crippen LogP contribution is 2.54. The molecule has 112 valence electrons. The molecule has 4 atom stereocenters. The SMILES string of the molecule is CC(C)(C)[Si](C)(C)O[C@H]1CCC[C@]2(C)[C@@H](O)CC[C@@H]12. The second kappa shape index (κ2) is 4.85. The van der Waals surface area contributed by atoms with Crippen molar-refractivity contribution in [3.8, 4) is 0 Å². The fourth-order valence-corrected chi connectivity index (χ4v) is 5.18. The summed E-state index contributed by atoms with van der Waals surface area (Å²) in [7, 11) is -1.69. The molecule has 0 aromatic heterocycles. The lowest BCUT2D eigenvalue weighted by Gasteiger charge is -2.48. The highest BCUT2D eigenvalue weighted by Gasteiger charge is 2.53. The van der Waals surface area contributed by atoms with Crippen LogP contribution in [0.5, 0.6) is 0 Å². The Morgan fingerprint density at radius 2 is 1.79 bits per heavy atom. The van der Waals surface area contributed by atoms with E-state index in [9.17, 15) is 5.11 Å². The van der Waals surface area contributed by atoms with Gasteiger partial charge in [0, 0.05) is 6.10 Å². The van der Waals surface area contributed by atoms with Gasteiger partial charge in [-0.15, -0.1) is 0 Å². The second-order valence-electron chi connectivity index (χ2n) is 8.51. The average Bonchev–Trinajstić information content (AvgIpc) is 2.54. The van der Waals surface area contributed by atoms with Crippen molar-refractivity contribution in [2.75, 3.05) is 0 Å². The van der Waals surface area contributed by atoms with Crippen molar-refractivity contribution in [3.05, 3.63) is 0 Å². The molecule has 1 N–H and O–H groups in total. The summed E-state index contributed by atoms with van der Waals surface area (Å²) in [5, 5.41) is 10.6. The summed E-state index contributed by atoms with van der Waals surface area (Å²) in [4.78, 5) is 0. The maximum Gasteiger partial charge on any atom is 0.192 e. The fourth-order valence-electron chi connectivity index (χ4n) is 3.79. The zero-order chi connectivity index (χ0) is 14.5. The van der Waals surface area contributed by atoms with E-state index in [1.807, 2.05) is 0 Å². The predicted octanol–water partition coefficient (Wildman–Crippen LogP) is 4.34. The summed E-state index contributed by atoms with van der Waals surface area (Å²) < 4.78 is 6.70. The monoisotopic (exact) mass is 284 g/mol. The van der Waals surface area contributed by atoms with E-state index < -0.39 is 8.32 Å². The molecular formula is C16H32O2Si. The molecule has 19 heavy (non-hydrogen) atoms. The fraction of sp³-hybridized carbons (Fsp3) is 1.00. The van der Waals surface area contributed by atoms with Crippen molar-refractivity contribution in [1.82, 2.24) is 0 Å². The van der Waals surface area contributed by atoms with Crippen molar-refractivity contribution in [3.63, 3.8) is 0 Å². The highest BCUT2D eigenvalue weighted by molar-refractivity contribution is 6.74. The first kappa shape index (κ1) is 15.5. The van der Waals surface area contributed by atoms with Gasteiger partial charge >= 0.3 is 0 Å². The molecule has 2 aliphatic rings. The molecule has 0 bridgehead atoms. The molecule has 2 nitrogen and oxygen atoms in total. The molecule has 0 unspecified atom stereocenters. The van der Waals surface area contributed by atoms with Crippen LogP contribution in [0, 0.1) is 11.3 Å². The van der Waals surface area contributed by atoms with Gasteiger partial charge in [-0.2, -0.15) is 0 Å². The minimum atomic E-state index is -1.69. The van der Waals surface area contributed by atoms with Gasteiger partial charge in [-0.05, 0) is 55.1 Å². The van der Waals surface area contributed by atoms with Gasteiger partial charge in [0.2, 0.25) is 0 Å². The van der Waals surface area contributed by atoms with E-state index in [-0.39, 0.29) is 16.6 Å². The van der Waals surface area contributed by atoms with Gasteiger partial charge in [0.15, 0.2) is 8.32 Å². The minimum absolute atomic E-state index is 0.108. The van der Waals surface area contributed by atoms with Gasteiger partial charge in [0.1, 0.15) is 0 Å². The van der Waals surface area contributed by atoms with Gasteiger partial charge < -0.3 is 9.53 Å². The second-order valence-corrected chi connectivity index (χ2v) is 13.3. The van der Waals surface area contributed by atoms with Crippen LogP contribution in [-0.2, 0) is 4.43 Å². The molecule has 2 rings (SSSR count). The van der Waals surface area contributed by atoms with E-state index in [0.29, 0.717) is 12.0 Å². The molecule has 0 aliphatic heterocycles. The van der Waals surface area contributed by atoms with Crippen molar-refractivity contribution in [2.45, 2.75) is 90.1 Å². The number of hydrogen-bond acceptors (Lipinski definition) is 2. The van der Waals surface area contributed by atoms with Crippen LogP contribution in [0.25, 0.3) is 0 Å². The Kier molecular flexibility index (Phi) is 3.96. The predicted molar refractivity (Wildman–Crippen MR) is 82.8 cm³/mol. The largest absolute Gasteiger partial charge is 0.414 e. The Morgan fingerprint density at radius 1 is 1.16 bits per heavy atom. The molecule has 2 aliphatic carbocycles. The number of hydrogen-bond donors (Lipinski definition) is 1. The lowest BCUT2D eigenvalue weighted by molar-refractivity contribution is -0.0429. The van der Waals surface area contributed by atoms with Crippen LogP contribution < -0.4 is 0 Å². The van der Waals surface area contributed by atoms with Crippen LogP contribution >= 0.6 is 0 Å². The smallest absolute Gasteiger partial charge is 0.192 e. The summed E-state index contributed by atoms with van der Waals surface area (Å²) in [6, 6.07) is 0. The van der Waals surface area contributed by atoms with Crippen molar-refractivity contribution in [1.29, 1.82) is 0 Å². The normalized spacial score (nSPS) is 40.3. The van der Waals surface area contributed by atoms with E-state index in [1.165, 1.54) is 19.3 Å². The van der Waals surface area contributed by atoms with Crippen LogP contribution in [0.4, 0.5) is 0 Å². The topological polar surface area (TPSA) is 29.5 Å². The molecule has 0 aromatic carbocycles. The molecule has 2 fully saturated rings. The quantitative estimate of drug-likeness (QED) is 0.764.